The maximum atomic E-state index is 12.9. The van der Waals surface area contributed by atoms with E-state index in [9.17, 15) is 18.0 Å². The number of halogens is 3. The van der Waals surface area contributed by atoms with E-state index >= 15 is 0 Å². The van der Waals surface area contributed by atoms with E-state index in [1.807, 2.05) is 43.3 Å². The first-order chi connectivity index (χ1) is 21.4. The third-order valence-corrected chi connectivity index (χ3v) is 8.17. The van der Waals surface area contributed by atoms with Crippen molar-refractivity contribution in [3.63, 3.8) is 0 Å². The highest BCUT2D eigenvalue weighted by Gasteiger charge is 2.33. The standard InChI is InChI=1S/C32H31F3N6O2S2/c1-19(2)28-20(3)6-5-7-26(28)41-27(42)17-45-31(41)38-30(44)37-21(4)16-22-8-10-23(11-9-22)29-36-18-40(39-29)24-12-14-25(15-13-24)43-32(33,34)35/h5-15,18-19,21H,16-17H2,1-4H3,(H,37,44)/b38-31-. The Balaban J connectivity index is 1.20. The predicted octanol–water partition coefficient (Wildman–Crippen LogP) is 7.21. The van der Waals surface area contributed by atoms with Crippen LogP contribution in [0.15, 0.2) is 78.0 Å². The number of hydrogen-bond acceptors (Lipinski definition) is 6. The summed E-state index contributed by atoms with van der Waals surface area (Å²) in [6.07, 6.45) is -2.58. The number of thioether (sulfide) groups is 1. The van der Waals surface area contributed by atoms with Gasteiger partial charge in [-0.05, 0) is 85.4 Å². The summed E-state index contributed by atoms with van der Waals surface area (Å²) in [6.45, 7) is 8.29. The summed E-state index contributed by atoms with van der Waals surface area (Å²) in [5.74, 6) is 0.700. The number of benzene rings is 3. The monoisotopic (exact) mass is 652 g/mol. The van der Waals surface area contributed by atoms with Gasteiger partial charge in [0.05, 0.1) is 17.1 Å². The van der Waals surface area contributed by atoms with E-state index in [0.29, 0.717) is 34.0 Å². The van der Waals surface area contributed by atoms with Gasteiger partial charge in [0.25, 0.3) is 0 Å². The van der Waals surface area contributed by atoms with Crippen molar-refractivity contribution in [1.82, 2.24) is 20.1 Å². The smallest absolute Gasteiger partial charge is 0.406 e. The molecule has 13 heteroatoms. The fourth-order valence-electron chi connectivity index (χ4n) is 5.14. The summed E-state index contributed by atoms with van der Waals surface area (Å²) >= 11 is 6.95. The van der Waals surface area contributed by atoms with Gasteiger partial charge in [-0.15, -0.1) is 18.3 Å². The van der Waals surface area contributed by atoms with Gasteiger partial charge < -0.3 is 10.1 Å². The minimum atomic E-state index is -4.75. The lowest BCUT2D eigenvalue weighted by Gasteiger charge is -2.23. The minimum Gasteiger partial charge on any atom is -0.406 e. The third-order valence-electron chi connectivity index (χ3n) is 7.03. The Morgan fingerprint density at radius 2 is 1.80 bits per heavy atom. The fourth-order valence-corrected chi connectivity index (χ4v) is 6.35. The van der Waals surface area contributed by atoms with E-state index in [-0.39, 0.29) is 23.6 Å². The Morgan fingerprint density at radius 1 is 1.09 bits per heavy atom. The summed E-state index contributed by atoms with van der Waals surface area (Å²) in [4.78, 5) is 23.5. The van der Waals surface area contributed by atoms with Gasteiger partial charge in [0.15, 0.2) is 16.1 Å². The molecule has 2 heterocycles. The average molecular weight is 653 g/mol. The molecule has 1 aromatic heterocycles. The second kappa shape index (κ2) is 13.4. The number of thiocarbonyl (C=S) groups is 1. The molecule has 1 atom stereocenters. The van der Waals surface area contributed by atoms with Crippen LogP contribution in [0.3, 0.4) is 0 Å². The molecule has 234 valence electrons. The van der Waals surface area contributed by atoms with Crippen molar-refractivity contribution in [2.75, 3.05) is 10.7 Å². The van der Waals surface area contributed by atoms with Gasteiger partial charge in [-0.3, -0.25) is 9.69 Å². The van der Waals surface area contributed by atoms with Crippen molar-refractivity contribution in [2.24, 2.45) is 4.99 Å². The lowest BCUT2D eigenvalue weighted by Crippen LogP contribution is -2.35. The summed E-state index contributed by atoms with van der Waals surface area (Å²) in [5, 5.41) is 8.60. The molecule has 4 aromatic rings. The van der Waals surface area contributed by atoms with Gasteiger partial charge in [-0.25, -0.2) is 9.67 Å². The van der Waals surface area contributed by atoms with Crippen LogP contribution in [0.2, 0.25) is 0 Å². The number of ether oxygens (including phenoxy) is 1. The Morgan fingerprint density at radius 3 is 2.47 bits per heavy atom. The normalized spacial score (nSPS) is 15.2. The van der Waals surface area contributed by atoms with Crippen LogP contribution in [0.5, 0.6) is 5.75 Å². The molecule has 8 nitrogen and oxygen atoms in total. The van der Waals surface area contributed by atoms with E-state index in [1.54, 1.807) is 4.90 Å². The molecule has 0 aliphatic carbocycles. The number of aliphatic imine (C=N–C) groups is 1. The Bertz CT molecular complexity index is 1720. The largest absolute Gasteiger partial charge is 0.573 e. The molecule has 1 saturated heterocycles. The number of aryl methyl sites for hydroxylation is 1. The number of rotatable bonds is 8. The number of hydrogen-bond donors (Lipinski definition) is 1. The Labute approximate surface area is 268 Å². The highest BCUT2D eigenvalue weighted by molar-refractivity contribution is 8.15. The van der Waals surface area contributed by atoms with E-state index < -0.39 is 6.36 Å². The van der Waals surface area contributed by atoms with Crippen molar-refractivity contribution < 1.29 is 22.7 Å². The molecule has 0 spiro atoms. The van der Waals surface area contributed by atoms with Crippen molar-refractivity contribution >= 4 is 45.9 Å². The molecule has 1 aliphatic rings. The molecule has 5 rings (SSSR count). The lowest BCUT2D eigenvalue weighted by atomic mass is 9.95. The van der Waals surface area contributed by atoms with Crippen LogP contribution in [-0.4, -0.2) is 49.1 Å². The van der Waals surface area contributed by atoms with E-state index in [1.165, 1.54) is 47.0 Å². The topological polar surface area (TPSA) is 84.6 Å². The Hall–Kier alpha value is -4.23. The first-order valence-corrected chi connectivity index (χ1v) is 15.6. The number of nitrogens with one attached hydrogen (secondary N) is 1. The van der Waals surface area contributed by atoms with E-state index in [0.717, 1.165) is 27.9 Å². The molecule has 1 N–H and O–H groups in total. The van der Waals surface area contributed by atoms with Gasteiger partial charge in [0.2, 0.25) is 5.91 Å². The number of amides is 1. The molecule has 1 fully saturated rings. The van der Waals surface area contributed by atoms with Crippen LogP contribution in [0, 0.1) is 6.92 Å². The molecule has 1 unspecified atom stereocenters. The molecule has 3 aromatic carbocycles. The number of nitrogens with zero attached hydrogens (tertiary/aromatic N) is 5. The van der Waals surface area contributed by atoms with Gasteiger partial charge in [0, 0.05) is 11.6 Å². The predicted molar refractivity (Wildman–Crippen MR) is 175 cm³/mol. The molecule has 1 amide bonds. The fraction of sp³-hybridized carbons (Fsp3) is 0.281. The van der Waals surface area contributed by atoms with Gasteiger partial charge >= 0.3 is 6.36 Å². The molecular formula is C32H31F3N6O2S2. The number of alkyl halides is 3. The van der Waals surface area contributed by atoms with Gasteiger partial charge in [-0.2, -0.15) is 4.99 Å². The zero-order valence-electron chi connectivity index (χ0n) is 25.0. The average Bonchev–Trinajstić information content (AvgIpc) is 3.59. The van der Waals surface area contributed by atoms with Crippen LogP contribution in [0.1, 0.15) is 43.4 Å². The Kier molecular flexibility index (Phi) is 9.59. The van der Waals surface area contributed by atoms with Gasteiger partial charge in [-0.1, -0.05) is 62.0 Å². The molecule has 0 radical (unpaired) electrons. The molecule has 0 bridgehead atoms. The van der Waals surface area contributed by atoms with Crippen molar-refractivity contribution in [3.05, 3.63) is 89.7 Å². The molecule has 45 heavy (non-hydrogen) atoms. The van der Waals surface area contributed by atoms with Crippen molar-refractivity contribution in [2.45, 2.75) is 52.4 Å². The zero-order valence-corrected chi connectivity index (χ0v) is 26.6. The number of amidine groups is 1. The van der Waals surface area contributed by atoms with Crippen LogP contribution in [-0.2, 0) is 11.2 Å². The van der Waals surface area contributed by atoms with Crippen LogP contribution < -0.4 is 15.0 Å². The third kappa shape index (κ3) is 7.90. The van der Waals surface area contributed by atoms with Crippen LogP contribution in [0.4, 0.5) is 18.9 Å². The van der Waals surface area contributed by atoms with E-state index in [4.69, 9.17) is 12.2 Å². The number of aromatic nitrogens is 3. The number of carbonyl (C=O) groups excluding carboxylic acids is 1. The van der Waals surface area contributed by atoms with E-state index in [2.05, 4.69) is 52.0 Å². The van der Waals surface area contributed by atoms with Crippen LogP contribution >= 0.6 is 24.0 Å². The molecular weight excluding hydrogens is 622 g/mol. The summed E-state index contributed by atoms with van der Waals surface area (Å²) in [6, 6.07) is 19.1. The SMILES string of the molecule is Cc1cccc(N2C(=O)CS/C2=N\C(=S)NC(C)Cc2ccc(-c3ncn(-c4ccc(OC(F)(F)F)cc4)n3)cc2)c1C(C)C. The maximum Gasteiger partial charge on any atom is 0.573 e. The molecule has 0 saturated carbocycles. The molecule has 1 aliphatic heterocycles. The number of anilines is 1. The summed E-state index contributed by atoms with van der Waals surface area (Å²) < 4.78 is 42.7. The zero-order chi connectivity index (χ0) is 32.3. The second-order valence-electron chi connectivity index (χ2n) is 10.9. The van der Waals surface area contributed by atoms with Crippen LogP contribution in [0.25, 0.3) is 17.1 Å². The first-order valence-electron chi connectivity index (χ1n) is 14.2. The highest BCUT2D eigenvalue weighted by Crippen LogP contribution is 2.35. The first kappa shape index (κ1) is 32.2. The van der Waals surface area contributed by atoms with Crippen molar-refractivity contribution in [1.29, 1.82) is 0 Å². The second-order valence-corrected chi connectivity index (χ2v) is 12.2. The quantitative estimate of drug-likeness (QED) is 0.202. The highest BCUT2D eigenvalue weighted by atomic mass is 32.2. The van der Waals surface area contributed by atoms with Crippen molar-refractivity contribution in [3.8, 4) is 22.8 Å². The number of carbonyl (C=O) groups is 1. The minimum absolute atomic E-state index is 0.0186. The lowest BCUT2D eigenvalue weighted by molar-refractivity contribution is -0.274. The summed E-state index contributed by atoms with van der Waals surface area (Å²) in [5.41, 5.74) is 5.49. The maximum absolute atomic E-state index is 12.9. The summed E-state index contributed by atoms with van der Waals surface area (Å²) in [7, 11) is 0. The van der Waals surface area contributed by atoms with Gasteiger partial charge in [0.1, 0.15) is 12.1 Å².